The molecule has 0 bridgehead atoms. The Morgan fingerprint density at radius 3 is 2.68 bits per heavy atom. The third kappa shape index (κ3) is 4.53. The van der Waals surface area contributed by atoms with Crippen LogP contribution in [0.1, 0.15) is 33.6 Å². The zero-order valence-corrected chi connectivity index (χ0v) is 18.9. The first-order valence-electron chi connectivity index (χ1n) is 9.94. The minimum absolute atomic E-state index is 0.0400. The van der Waals surface area contributed by atoms with Gasteiger partial charge in [-0.2, -0.15) is 0 Å². The van der Waals surface area contributed by atoms with E-state index in [0.717, 1.165) is 21.8 Å². The number of aliphatic hydroxyl groups is 1. The molecule has 3 aromatic rings. The zero-order chi connectivity index (χ0) is 22.0. The first kappa shape index (κ1) is 21.6. The van der Waals surface area contributed by atoms with E-state index in [1.807, 2.05) is 42.6 Å². The van der Waals surface area contributed by atoms with E-state index in [2.05, 4.69) is 9.97 Å². The molecule has 1 amide bonds. The number of nitrogens with zero attached hydrogens (tertiary/aromatic N) is 3. The van der Waals surface area contributed by atoms with Gasteiger partial charge in [0, 0.05) is 17.8 Å². The number of thiazole rings is 2. The molecule has 162 valence electrons. The van der Waals surface area contributed by atoms with Gasteiger partial charge in [-0.05, 0) is 18.9 Å². The zero-order valence-electron chi connectivity index (χ0n) is 17.3. The standard InChI is InChI=1S/C22H23N3O4S2/c1-13-21(31-20(11-26)23-13)16-12-30-19(24-16)9-18(27)17-8-15(10-25(17)22(28)29-2)14-6-4-3-5-7-14/h3-7,12,15,17,26H,8-11H2,1-2H3/t15-,17+/m1/s1. The first-order valence-corrected chi connectivity index (χ1v) is 11.6. The van der Waals surface area contributed by atoms with Crippen LogP contribution in [0.2, 0.25) is 0 Å². The third-order valence-corrected chi connectivity index (χ3v) is 7.45. The van der Waals surface area contributed by atoms with Crippen molar-refractivity contribution in [1.82, 2.24) is 14.9 Å². The molecule has 1 aliphatic heterocycles. The Balaban J connectivity index is 1.51. The molecular weight excluding hydrogens is 434 g/mol. The van der Waals surface area contributed by atoms with Gasteiger partial charge >= 0.3 is 6.09 Å². The molecule has 1 aromatic carbocycles. The molecule has 31 heavy (non-hydrogen) atoms. The number of ether oxygens (including phenoxy) is 1. The number of hydrogen-bond acceptors (Lipinski definition) is 8. The number of rotatable bonds is 6. The summed E-state index contributed by atoms with van der Waals surface area (Å²) in [5.74, 6) is 0.0552. The number of methoxy groups -OCH3 is 1. The number of amides is 1. The number of hydrogen-bond donors (Lipinski definition) is 1. The lowest BCUT2D eigenvalue weighted by Gasteiger charge is -2.21. The number of aromatic nitrogens is 2. The van der Waals surface area contributed by atoms with Gasteiger partial charge < -0.3 is 9.84 Å². The molecule has 2 aromatic heterocycles. The molecule has 0 aliphatic carbocycles. The van der Waals surface area contributed by atoms with Crippen molar-refractivity contribution in [3.8, 4) is 10.6 Å². The van der Waals surface area contributed by atoms with Crippen molar-refractivity contribution in [2.24, 2.45) is 0 Å². The SMILES string of the molecule is COC(=O)N1C[C@H](c2ccccc2)C[C@H]1C(=O)Cc1nc(-c2sc(CO)nc2C)cs1. The smallest absolute Gasteiger partial charge is 0.410 e. The highest BCUT2D eigenvalue weighted by atomic mass is 32.1. The summed E-state index contributed by atoms with van der Waals surface area (Å²) >= 11 is 2.82. The molecule has 7 nitrogen and oxygen atoms in total. The van der Waals surface area contributed by atoms with Crippen molar-refractivity contribution in [2.45, 2.75) is 38.3 Å². The van der Waals surface area contributed by atoms with Crippen LogP contribution in [-0.4, -0.2) is 51.5 Å². The second-order valence-corrected chi connectivity index (χ2v) is 9.46. The summed E-state index contributed by atoms with van der Waals surface area (Å²) in [6, 6.07) is 9.40. The van der Waals surface area contributed by atoms with Crippen molar-refractivity contribution < 1.29 is 19.4 Å². The average Bonchev–Trinajstić information content (AvgIpc) is 3.51. The van der Waals surface area contributed by atoms with Crippen LogP contribution >= 0.6 is 22.7 Å². The fourth-order valence-electron chi connectivity index (χ4n) is 3.95. The number of Topliss-reactive ketones (excluding diaryl/α,β-unsaturated/α-hetero) is 1. The maximum Gasteiger partial charge on any atom is 0.410 e. The van der Waals surface area contributed by atoms with Crippen LogP contribution in [0.25, 0.3) is 10.6 Å². The molecule has 0 spiro atoms. The van der Waals surface area contributed by atoms with Gasteiger partial charge in [-0.25, -0.2) is 14.8 Å². The predicted molar refractivity (Wildman–Crippen MR) is 119 cm³/mol. The Bertz CT molecular complexity index is 1080. The lowest BCUT2D eigenvalue weighted by molar-refractivity contribution is -0.122. The van der Waals surface area contributed by atoms with Gasteiger partial charge in [0.1, 0.15) is 10.0 Å². The molecule has 0 saturated carbocycles. The highest BCUT2D eigenvalue weighted by Gasteiger charge is 2.40. The average molecular weight is 458 g/mol. The third-order valence-electron chi connectivity index (χ3n) is 5.44. The molecule has 4 rings (SSSR count). The molecule has 1 fully saturated rings. The Morgan fingerprint density at radius 1 is 1.23 bits per heavy atom. The quantitative estimate of drug-likeness (QED) is 0.605. The van der Waals surface area contributed by atoms with E-state index in [9.17, 15) is 14.7 Å². The van der Waals surface area contributed by atoms with Crippen LogP contribution in [0.4, 0.5) is 4.79 Å². The summed E-state index contributed by atoms with van der Waals surface area (Å²) in [6.45, 7) is 2.24. The van der Waals surface area contributed by atoms with E-state index in [0.29, 0.717) is 23.0 Å². The molecular formula is C22H23N3O4S2. The molecule has 2 atom stereocenters. The number of carbonyl (C=O) groups is 2. The number of carbonyl (C=O) groups excluding carboxylic acids is 2. The fraction of sp³-hybridized carbons (Fsp3) is 0.364. The van der Waals surface area contributed by atoms with Crippen LogP contribution in [-0.2, 0) is 22.6 Å². The Labute approximate surface area is 188 Å². The monoisotopic (exact) mass is 457 g/mol. The highest BCUT2D eigenvalue weighted by Crippen LogP contribution is 2.34. The number of ketones is 1. The Hall–Kier alpha value is -2.62. The number of aryl methyl sites for hydroxylation is 1. The lowest BCUT2D eigenvalue weighted by Crippen LogP contribution is -2.41. The van der Waals surface area contributed by atoms with Crippen LogP contribution in [0, 0.1) is 6.92 Å². The van der Waals surface area contributed by atoms with E-state index >= 15 is 0 Å². The fourth-order valence-corrected chi connectivity index (χ4v) is 5.70. The van der Waals surface area contributed by atoms with Gasteiger partial charge in [0.2, 0.25) is 0 Å². The summed E-state index contributed by atoms with van der Waals surface area (Å²) in [4.78, 5) is 36.9. The maximum absolute atomic E-state index is 13.2. The van der Waals surface area contributed by atoms with E-state index in [1.54, 1.807) is 0 Å². The van der Waals surface area contributed by atoms with E-state index < -0.39 is 12.1 Å². The van der Waals surface area contributed by atoms with Crippen molar-refractivity contribution >= 4 is 34.6 Å². The summed E-state index contributed by atoms with van der Waals surface area (Å²) in [5.41, 5.74) is 2.69. The maximum atomic E-state index is 13.2. The van der Waals surface area contributed by atoms with Gasteiger partial charge in [0.25, 0.3) is 0 Å². The second kappa shape index (κ2) is 9.25. The van der Waals surface area contributed by atoms with Crippen LogP contribution < -0.4 is 0 Å². The van der Waals surface area contributed by atoms with Crippen LogP contribution in [0.5, 0.6) is 0 Å². The molecule has 0 unspecified atom stereocenters. The minimum atomic E-state index is -0.531. The van der Waals surface area contributed by atoms with Gasteiger partial charge in [0.15, 0.2) is 5.78 Å². The van der Waals surface area contributed by atoms with E-state index in [-0.39, 0.29) is 24.7 Å². The van der Waals surface area contributed by atoms with E-state index in [4.69, 9.17) is 4.74 Å². The number of likely N-dealkylation sites (tertiary alicyclic amines) is 1. The summed E-state index contributed by atoms with van der Waals surface area (Å²) in [5, 5.41) is 12.6. The lowest BCUT2D eigenvalue weighted by atomic mass is 9.95. The molecule has 3 heterocycles. The number of aliphatic hydroxyl groups excluding tert-OH is 1. The summed E-state index contributed by atoms with van der Waals surface area (Å²) in [7, 11) is 1.34. The Morgan fingerprint density at radius 2 is 2.00 bits per heavy atom. The first-order chi connectivity index (χ1) is 15.0. The normalized spacial score (nSPS) is 18.4. The largest absolute Gasteiger partial charge is 0.453 e. The minimum Gasteiger partial charge on any atom is -0.453 e. The van der Waals surface area contributed by atoms with Gasteiger partial charge in [-0.15, -0.1) is 22.7 Å². The molecule has 1 N–H and O–H groups in total. The predicted octanol–water partition coefficient (Wildman–Crippen LogP) is 3.80. The molecule has 1 aliphatic rings. The molecule has 9 heteroatoms. The van der Waals surface area contributed by atoms with E-state index in [1.165, 1.54) is 34.7 Å². The van der Waals surface area contributed by atoms with Crippen molar-refractivity contribution in [2.75, 3.05) is 13.7 Å². The molecule has 1 saturated heterocycles. The van der Waals surface area contributed by atoms with Crippen LogP contribution in [0.15, 0.2) is 35.7 Å². The number of benzene rings is 1. The molecule has 0 radical (unpaired) electrons. The van der Waals surface area contributed by atoms with Crippen LogP contribution in [0.3, 0.4) is 0 Å². The summed E-state index contributed by atoms with van der Waals surface area (Å²) < 4.78 is 4.93. The van der Waals surface area contributed by atoms with Gasteiger partial charge in [0.05, 0.1) is 42.4 Å². The topological polar surface area (TPSA) is 92.6 Å². The Kier molecular flexibility index (Phi) is 6.45. The van der Waals surface area contributed by atoms with Gasteiger partial charge in [-0.3, -0.25) is 9.69 Å². The van der Waals surface area contributed by atoms with Crippen molar-refractivity contribution in [1.29, 1.82) is 0 Å². The van der Waals surface area contributed by atoms with Gasteiger partial charge in [-0.1, -0.05) is 30.3 Å². The summed E-state index contributed by atoms with van der Waals surface area (Å²) in [6.07, 6.45) is 0.257. The second-order valence-electron chi connectivity index (χ2n) is 7.43. The van der Waals surface area contributed by atoms with Crippen molar-refractivity contribution in [3.05, 3.63) is 57.0 Å². The highest BCUT2D eigenvalue weighted by molar-refractivity contribution is 7.16. The van der Waals surface area contributed by atoms with Crippen molar-refractivity contribution in [3.63, 3.8) is 0 Å².